The smallest absolute Gasteiger partial charge is 0.316 e. The minimum absolute atomic E-state index is 0.00223. The van der Waals surface area contributed by atoms with E-state index in [4.69, 9.17) is 18.9 Å². The Labute approximate surface area is 240 Å². The SMILES string of the molecule is CC1=CC2C(=O)O[C@H]3CC(C/C=C(\C)C(C)C(C)/C=C/C=C4\COC(C1C)C42O)OC1(CC(C)C(C)C(C)O1)C3. The normalized spacial score (nSPS) is 51.5. The summed E-state index contributed by atoms with van der Waals surface area (Å²) in [5.41, 5.74) is 1.65. The first-order valence-electron chi connectivity index (χ1n) is 15.5. The molecule has 3 fully saturated rings. The predicted octanol–water partition coefficient (Wildman–Crippen LogP) is 6.30. The number of hydrogen-bond acceptors (Lipinski definition) is 6. The summed E-state index contributed by atoms with van der Waals surface area (Å²) in [6.07, 6.45) is 12.1. The van der Waals surface area contributed by atoms with Gasteiger partial charge in [0, 0.05) is 25.2 Å². The maximum absolute atomic E-state index is 14.0. The fraction of sp³-hybridized carbons (Fsp3) is 0.735. The second-order valence-electron chi connectivity index (χ2n) is 13.7. The van der Waals surface area contributed by atoms with Crippen molar-refractivity contribution in [3.63, 3.8) is 0 Å². The number of esters is 1. The topological polar surface area (TPSA) is 74.2 Å². The number of rotatable bonds is 0. The van der Waals surface area contributed by atoms with Crippen molar-refractivity contribution in [2.75, 3.05) is 6.61 Å². The zero-order valence-electron chi connectivity index (χ0n) is 25.7. The van der Waals surface area contributed by atoms with Crippen molar-refractivity contribution in [2.24, 2.45) is 35.5 Å². The van der Waals surface area contributed by atoms with Crippen molar-refractivity contribution in [2.45, 2.75) is 117 Å². The molecular formula is C34H50O6. The Morgan fingerprint density at radius 2 is 1.70 bits per heavy atom. The van der Waals surface area contributed by atoms with Gasteiger partial charge < -0.3 is 24.1 Å². The standard InChI is InChI=1S/C34H50O6/c1-19-10-9-11-27-18-37-31-25(7)21(3)14-30(34(27,31)36)32(35)38-29-15-28(13-12-20(2)23(19)5)40-33(17-29)16-22(4)24(6)26(8)39-33/h9-12,14,19,22-26,28-31,36H,13,15-18H2,1-8H3/b10-9+,20-12+,27-11+/t19?,22?,23?,24?,25?,26?,28?,29-,30?,31?,33?,34?/m0/s1. The quantitative estimate of drug-likeness (QED) is 0.280. The molecule has 6 heteroatoms. The third kappa shape index (κ3) is 5.30. The van der Waals surface area contributed by atoms with Crippen LogP contribution in [0.4, 0.5) is 0 Å². The number of allylic oxidation sites excluding steroid dienone is 4. The molecule has 40 heavy (non-hydrogen) atoms. The van der Waals surface area contributed by atoms with Gasteiger partial charge in [0.15, 0.2) is 5.79 Å². The van der Waals surface area contributed by atoms with Crippen LogP contribution < -0.4 is 0 Å². The molecule has 2 bridgehead atoms. The molecule has 0 aromatic heterocycles. The highest BCUT2D eigenvalue weighted by Gasteiger charge is 2.59. The lowest BCUT2D eigenvalue weighted by atomic mass is 9.68. The van der Waals surface area contributed by atoms with E-state index < -0.39 is 29.4 Å². The van der Waals surface area contributed by atoms with Crippen LogP contribution in [-0.4, -0.2) is 53.5 Å². The van der Waals surface area contributed by atoms with Gasteiger partial charge in [0.2, 0.25) is 0 Å². The molecule has 0 radical (unpaired) electrons. The number of fused-ring (bicyclic) bond motifs is 2. The van der Waals surface area contributed by atoms with Crippen LogP contribution >= 0.6 is 0 Å². The van der Waals surface area contributed by atoms with Gasteiger partial charge in [-0.15, -0.1) is 0 Å². The molecule has 11 unspecified atom stereocenters. The molecule has 4 heterocycles. The maximum Gasteiger partial charge on any atom is 0.316 e. The lowest BCUT2D eigenvalue weighted by Gasteiger charge is -2.51. The van der Waals surface area contributed by atoms with E-state index in [1.165, 1.54) is 5.57 Å². The highest BCUT2D eigenvalue weighted by Crippen LogP contribution is 2.49. The van der Waals surface area contributed by atoms with E-state index in [9.17, 15) is 9.90 Å². The van der Waals surface area contributed by atoms with Crippen LogP contribution in [0.5, 0.6) is 0 Å². The van der Waals surface area contributed by atoms with Gasteiger partial charge in [-0.25, -0.2) is 0 Å². The zero-order valence-corrected chi connectivity index (χ0v) is 25.7. The Balaban J connectivity index is 1.54. The van der Waals surface area contributed by atoms with E-state index >= 15 is 0 Å². The van der Waals surface area contributed by atoms with Gasteiger partial charge in [0.05, 0.1) is 24.9 Å². The largest absolute Gasteiger partial charge is 0.462 e. The van der Waals surface area contributed by atoms with Gasteiger partial charge in [-0.2, -0.15) is 0 Å². The molecule has 3 saturated heterocycles. The van der Waals surface area contributed by atoms with E-state index in [1.807, 2.05) is 25.2 Å². The first-order valence-corrected chi connectivity index (χ1v) is 15.5. The van der Waals surface area contributed by atoms with Crippen LogP contribution in [0.15, 0.2) is 47.1 Å². The van der Waals surface area contributed by atoms with Crippen LogP contribution in [0.3, 0.4) is 0 Å². The van der Waals surface area contributed by atoms with Gasteiger partial charge in [-0.3, -0.25) is 4.79 Å². The predicted molar refractivity (Wildman–Crippen MR) is 155 cm³/mol. The monoisotopic (exact) mass is 554 g/mol. The molecule has 0 amide bonds. The number of hydrogen-bond donors (Lipinski definition) is 1. The summed E-state index contributed by atoms with van der Waals surface area (Å²) in [5.74, 6) is -0.496. The molecule has 0 aromatic carbocycles. The molecule has 5 rings (SSSR count). The zero-order chi connectivity index (χ0) is 29.0. The average Bonchev–Trinajstić information content (AvgIpc) is 3.23. The second-order valence-corrected chi connectivity index (χ2v) is 13.7. The summed E-state index contributed by atoms with van der Waals surface area (Å²) in [6.45, 7) is 17.7. The average molecular weight is 555 g/mol. The molecule has 12 atom stereocenters. The minimum Gasteiger partial charge on any atom is -0.462 e. The second kappa shape index (κ2) is 11.2. The Morgan fingerprint density at radius 1 is 0.950 bits per heavy atom. The highest BCUT2D eigenvalue weighted by molar-refractivity contribution is 5.78. The number of carbonyl (C=O) groups is 1. The maximum atomic E-state index is 14.0. The first kappa shape index (κ1) is 29.8. The fourth-order valence-corrected chi connectivity index (χ4v) is 7.58. The Kier molecular flexibility index (Phi) is 8.30. The summed E-state index contributed by atoms with van der Waals surface area (Å²) < 4.78 is 25.9. The summed E-state index contributed by atoms with van der Waals surface area (Å²) in [4.78, 5) is 14.0. The molecular weight excluding hydrogens is 504 g/mol. The highest BCUT2D eigenvalue weighted by atomic mass is 16.7. The van der Waals surface area contributed by atoms with Crippen molar-refractivity contribution >= 4 is 5.97 Å². The number of aliphatic hydroxyl groups is 1. The minimum atomic E-state index is -1.44. The molecule has 4 aliphatic heterocycles. The van der Waals surface area contributed by atoms with Crippen molar-refractivity contribution in [3.05, 3.63) is 47.1 Å². The lowest BCUT2D eigenvalue weighted by molar-refractivity contribution is -0.340. The van der Waals surface area contributed by atoms with E-state index in [-0.39, 0.29) is 24.2 Å². The van der Waals surface area contributed by atoms with Crippen LogP contribution in [0.1, 0.15) is 81.1 Å². The van der Waals surface area contributed by atoms with E-state index in [0.717, 1.165) is 24.0 Å². The van der Waals surface area contributed by atoms with Crippen LogP contribution in [0.2, 0.25) is 0 Å². The molecule has 1 N–H and O–H groups in total. The third-order valence-electron chi connectivity index (χ3n) is 11.0. The summed E-state index contributed by atoms with van der Waals surface area (Å²) in [5, 5.41) is 12.3. The Bertz CT molecular complexity index is 1090. The molecule has 0 saturated carbocycles. The van der Waals surface area contributed by atoms with Gasteiger partial charge in [-0.1, -0.05) is 76.1 Å². The van der Waals surface area contributed by atoms with Gasteiger partial charge in [0.25, 0.3) is 0 Å². The van der Waals surface area contributed by atoms with E-state index in [0.29, 0.717) is 43.1 Å². The molecule has 0 aromatic rings. The van der Waals surface area contributed by atoms with Gasteiger partial charge >= 0.3 is 5.97 Å². The van der Waals surface area contributed by atoms with Crippen molar-refractivity contribution in [3.8, 4) is 0 Å². The number of ether oxygens (including phenoxy) is 4. The Hall–Kier alpha value is -1.73. The van der Waals surface area contributed by atoms with Crippen LogP contribution in [0, 0.1) is 35.5 Å². The van der Waals surface area contributed by atoms with E-state index in [2.05, 4.69) is 60.6 Å². The fourth-order valence-electron chi connectivity index (χ4n) is 7.58. The molecule has 5 aliphatic rings. The van der Waals surface area contributed by atoms with Gasteiger partial charge in [0.1, 0.15) is 17.6 Å². The first-order chi connectivity index (χ1) is 18.8. The van der Waals surface area contributed by atoms with E-state index in [1.54, 1.807) is 0 Å². The molecule has 1 spiro atoms. The van der Waals surface area contributed by atoms with Crippen LogP contribution in [-0.2, 0) is 23.7 Å². The molecule has 222 valence electrons. The summed E-state index contributed by atoms with van der Waals surface area (Å²) in [6, 6.07) is 0. The third-order valence-corrected chi connectivity index (χ3v) is 11.0. The van der Waals surface area contributed by atoms with Crippen molar-refractivity contribution in [1.82, 2.24) is 0 Å². The Morgan fingerprint density at radius 3 is 2.42 bits per heavy atom. The van der Waals surface area contributed by atoms with Crippen molar-refractivity contribution < 1.29 is 28.8 Å². The summed E-state index contributed by atoms with van der Waals surface area (Å²) in [7, 11) is 0. The lowest BCUT2D eigenvalue weighted by Crippen LogP contribution is -2.57. The molecule has 6 nitrogen and oxygen atoms in total. The van der Waals surface area contributed by atoms with Crippen LogP contribution in [0.25, 0.3) is 0 Å². The number of carbonyl (C=O) groups excluding carboxylic acids is 1. The molecule has 1 aliphatic carbocycles. The van der Waals surface area contributed by atoms with Gasteiger partial charge in [-0.05, 0) is 56.4 Å². The summed E-state index contributed by atoms with van der Waals surface area (Å²) >= 11 is 0. The van der Waals surface area contributed by atoms with Crippen molar-refractivity contribution in [1.29, 1.82) is 0 Å².